The Kier molecular flexibility index (Phi) is 21.6. The number of rotatable bonds is 27. The van der Waals surface area contributed by atoms with Gasteiger partial charge in [-0.3, -0.25) is 42.6 Å². The molecule has 6 aliphatic heterocycles. The van der Waals surface area contributed by atoms with Crippen molar-refractivity contribution in [1.29, 1.82) is 0 Å². The molecule has 0 saturated carbocycles. The molecule has 7 heterocycles. The van der Waals surface area contributed by atoms with Crippen LogP contribution in [0.15, 0.2) is 58.8 Å². The van der Waals surface area contributed by atoms with E-state index < -0.39 is 162 Å². The zero-order chi connectivity index (χ0) is 65.7. The van der Waals surface area contributed by atoms with Crippen LogP contribution in [0.3, 0.4) is 0 Å². The van der Waals surface area contributed by atoms with Crippen molar-refractivity contribution < 1.29 is 88.5 Å². The first kappa shape index (κ1) is 71.3. The molecular formula is C60H88CoN13O15P-4. The molecule has 0 spiro atoms. The van der Waals surface area contributed by atoms with E-state index in [-0.39, 0.29) is 94.0 Å². The first-order chi connectivity index (χ1) is 41.6. The van der Waals surface area contributed by atoms with Gasteiger partial charge in [-0.25, -0.2) is 9.55 Å². The minimum atomic E-state index is -5.02. The topological polar surface area (TPSA) is 477 Å². The molecule has 1 radical (unpaired) electrons. The van der Waals surface area contributed by atoms with Crippen molar-refractivity contribution in [2.24, 2.45) is 79.7 Å². The quantitative estimate of drug-likeness (QED) is 0.0448. The van der Waals surface area contributed by atoms with Crippen LogP contribution in [-0.4, -0.2) is 141 Å². The summed E-state index contributed by atoms with van der Waals surface area (Å²) in [4.78, 5) is 109. The Morgan fingerprint density at radius 2 is 1.37 bits per heavy atom. The molecule has 5 fully saturated rings. The summed E-state index contributed by atoms with van der Waals surface area (Å²) in [5.41, 5.74) is 34.0. The minimum Gasteiger partial charge on any atom is -0.685 e. The number of amides is 7. The molecule has 1 aromatic heterocycles. The largest absolute Gasteiger partial charge is 0.685 e. The number of aliphatic hydroxyl groups excluding tert-OH is 2. The van der Waals surface area contributed by atoms with Crippen LogP contribution in [0, 0.1) is 45.3 Å². The average Bonchev–Trinajstić information content (AvgIpc) is 1.53. The van der Waals surface area contributed by atoms with Crippen molar-refractivity contribution >= 4 is 60.2 Å². The van der Waals surface area contributed by atoms with Crippen LogP contribution >= 0.6 is 7.82 Å². The fourth-order valence-electron chi connectivity index (χ4n) is 15.8. The van der Waals surface area contributed by atoms with Crippen molar-refractivity contribution in [3.05, 3.63) is 80.1 Å². The van der Waals surface area contributed by atoms with Crippen LogP contribution in [-0.2, 0) is 68.7 Å². The van der Waals surface area contributed by atoms with Crippen LogP contribution in [0.1, 0.15) is 132 Å². The fraction of sp³-hybridized carbons (Fsp3) is 0.667. The van der Waals surface area contributed by atoms with Crippen molar-refractivity contribution in [2.75, 3.05) is 26.9 Å². The third-order valence-electron chi connectivity index (χ3n) is 20.6. The third kappa shape index (κ3) is 13.7. The van der Waals surface area contributed by atoms with Gasteiger partial charge in [0.1, 0.15) is 24.1 Å². The van der Waals surface area contributed by atoms with Crippen LogP contribution in [0.2, 0.25) is 0 Å². The molecule has 1 aromatic carbocycles. The maximum atomic E-state index is 14.2. The molecule has 30 heteroatoms. The molecule has 8 bridgehead atoms. The van der Waals surface area contributed by atoms with E-state index in [4.69, 9.17) is 74.2 Å². The minimum absolute atomic E-state index is 0. The molecule has 7 amide bonds. The molecule has 16 N–H and O–H groups in total. The maximum absolute atomic E-state index is 14.2. The van der Waals surface area contributed by atoms with Crippen molar-refractivity contribution in [3.63, 3.8) is 0 Å². The van der Waals surface area contributed by atoms with Crippen LogP contribution < -0.4 is 44.5 Å². The van der Waals surface area contributed by atoms with Gasteiger partial charge in [0.25, 0.3) is 0 Å². The average molecular weight is 1320 g/mol. The molecular weight excluding hydrogens is 1230 g/mol. The second-order valence-corrected chi connectivity index (χ2v) is 27.8. The van der Waals surface area contributed by atoms with Crippen LogP contribution in [0.25, 0.3) is 32.3 Å². The van der Waals surface area contributed by atoms with E-state index in [1.165, 1.54) is 18.0 Å². The number of hydrogen-bond donors (Lipinski definition) is 10. The predicted molar refractivity (Wildman–Crippen MR) is 325 cm³/mol. The molecule has 0 aliphatic carbocycles. The van der Waals surface area contributed by atoms with Gasteiger partial charge in [-0.05, 0) is 97.0 Å². The second kappa shape index (κ2) is 27.2. The molecule has 17 atom stereocenters. The van der Waals surface area contributed by atoms with E-state index in [9.17, 15) is 53.2 Å². The predicted octanol–water partition coefficient (Wildman–Crippen LogP) is 3.85. The summed E-state index contributed by atoms with van der Waals surface area (Å²) in [6.07, 6.45) is -2.93. The van der Waals surface area contributed by atoms with Gasteiger partial charge in [0.05, 0.1) is 37.7 Å². The van der Waals surface area contributed by atoms with Crippen molar-refractivity contribution in [1.82, 2.24) is 14.9 Å². The van der Waals surface area contributed by atoms with Gasteiger partial charge >= 0.3 is 7.82 Å². The number of carbonyl (C=O) groups excluding carboxylic acids is 7. The Morgan fingerprint density at radius 1 is 0.767 bits per heavy atom. The zero-order valence-electron chi connectivity index (χ0n) is 52.4. The molecule has 8 rings (SSSR count). The number of primary amides is 6. The first-order valence-corrected chi connectivity index (χ1v) is 31.6. The summed E-state index contributed by atoms with van der Waals surface area (Å²) in [7, 11) is -3.52. The standard InChI is InChI=1S/C60H88N13O15P.Co/c1-29-48-33(12-16-42(62)76)56(3,4)40(70-48)24-36-32(11-15-41(61)75)58(6,25-45(65)79)53(69-36)30(2)49-34(13-17-43(63)77)59(7,26-46(66)80)60(8,72-49)54-35(23-44(64)78)57(5,52(29)71-54)19-18-47(81)67-20-21-86-89(83,84)88-51-39(27-74)87-55(50(51)82)73-28-68-37-22-31(85-9)10-14-38(37)73;/h10,14,22,24,28,32-36,39,48-51,54-55,74,82H,11-13,15-21,23,25-27H2,1-9H3,(H2,61,75)(H2,62,76)(H2,63,77)(H2,64,78)(H2,65,79)(H2,66,80)(H,67,81)(H,83,84);/q-4;/b40-24-,52-29-,53-30-;/t32-,33-,34-,35+,36?,39-,48?,49?,50-,51-,54-,55+,57-,58+,59+,60+;/m1./s1. The summed E-state index contributed by atoms with van der Waals surface area (Å²) in [5, 5.41) is 46.6. The first-order valence-electron chi connectivity index (χ1n) is 30.1. The van der Waals surface area contributed by atoms with Gasteiger partial charge in [-0.1, -0.05) is 53.6 Å². The van der Waals surface area contributed by atoms with Crippen LogP contribution in [0.4, 0.5) is 0 Å². The van der Waals surface area contributed by atoms with E-state index in [2.05, 4.69) is 10.3 Å². The van der Waals surface area contributed by atoms with E-state index >= 15 is 0 Å². The summed E-state index contributed by atoms with van der Waals surface area (Å²) >= 11 is 0. The van der Waals surface area contributed by atoms with E-state index in [0.29, 0.717) is 45.0 Å². The summed E-state index contributed by atoms with van der Waals surface area (Å²) < 4.78 is 36.9. The van der Waals surface area contributed by atoms with Crippen molar-refractivity contribution in [2.45, 2.75) is 180 Å². The second-order valence-electron chi connectivity index (χ2n) is 26.4. The number of nitrogens with one attached hydrogen (secondary N) is 1. The molecule has 2 aromatic rings. The van der Waals surface area contributed by atoms with E-state index in [1.54, 1.807) is 18.2 Å². The SMILES string of the molecule is COc1ccc2c(c1)ncn2[C@H]1O[C@H](CO)[C@@H](OP(=O)(O)OCCNC(=O)CC[C@@]2(C)/C3=C(\C)C4[N-]/C(=C\C5[N-]/C(=C(/C)C6[N-][C@@](C)([C@H]([N-]3)[C@@H]2CC(N)=O)[C@@](C)(CC(N)=O)[C@@H]6CCC(N)=O)[C@@](C)(CC(N)=O)[C@@H]5CCC(N)=O)C(C)(C)[C@@H]4CCC(N)=O)[C@H]1O.[Co]. The molecule has 5 saturated heterocycles. The number of fused-ring (bicyclic) bond motifs is 10. The Labute approximate surface area is 534 Å². The van der Waals surface area contributed by atoms with E-state index in [0.717, 1.165) is 0 Å². The number of aliphatic hydroxyl groups is 2. The number of imidazole rings is 1. The number of phosphoric acid groups is 1. The zero-order valence-corrected chi connectivity index (χ0v) is 54.3. The summed E-state index contributed by atoms with van der Waals surface area (Å²) in [6, 6.07) is 1.71. The number of aromatic nitrogens is 2. The summed E-state index contributed by atoms with van der Waals surface area (Å²) in [6.45, 7) is 13.6. The Balaban J connectivity index is 0.0000115. The normalized spacial score (nSPS) is 36.2. The number of methoxy groups -OCH3 is 1. The Morgan fingerprint density at radius 3 is 1.96 bits per heavy atom. The number of nitrogens with zero attached hydrogens (tertiary/aromatic N) is 6. The maximum Gasteiger partial charge on any atom is 0.472 e. The van der Waals surface area contributed by atoms with Crippen molar-refractivity contribution in [3.8, 4) is 5.75 Å². The number of nitrogens with two attached hydrogens (primary N) is 6. The van der Waals surface area contributed by atoms with Gasteiger partial charge in [0, 0.05) is 74.3 Å². The third-order valence-corrected chi connectivity index (χ3v) is 21.6. The number of phosphoric ester groups is 1. The number of benzene rings is 1. The van der Waals surface area contributed by atoms with Gasteiger partial charge in [-0.2, -0.15) is 17.1 Å². The summed E-state index contributed by atoms with van der Waals surface area (Å²) in [5.74, 6) is -6.35. The smallest absolute Gasteiger partial charge is 0.472 e. The Hall–Kier alpha value is -6.14. The van der Waals surface area contributed by atoms with Crippen LogP contribution in [0.5, 0.6) is 5.75 Å². The van der Waals surface area contributed by atoms with E-state index in [1.807, 2.05) is 61.5 Å². The molecule has 6 aliphatic rings. The molecule has 28 nitrogen and oxygen atoms in total. The van der Waals surface area contributed by atoms with Gasteiger partial charge in [-0.15, -0.1) is 34.8 Å². The number of allylic oxidation sites excluding steroid dienone is 3. The van der Waals surface area contributed by atoms with Gasteiger partial charge in [0.2, 0.25) is 41.4 Å². The van der Waals surface area contributed by atoms with Gasteiger partial charge in [0.15, 0.2) is 6.23 Å². The molecule has 501 valence electrons. The number of carbonyl (C=O) groups is 7. The molecule has 4 unspecified atom stereocenters. The fourth-order valence-corrected chi connectivity index (χ4v) is 16.8. The monoisotopic (exact) mass is 1320 g/mol. The number of hydrogen-bond acceptors (Lipinski definition) is 15. The van der Waals surface area contributed by atoms with Gasteiger partial charge < -0.3 is 90.1 Å². The molecule has 90 heavy (non-hydrogen) atoms. The Bertz CT molecular complexity index is 3270. The number of ether oxygens (including phenoxy) is 2.